The summed E-state index contributed by atoms with van der Waals surface area (Å²) >= 11 is 0. The summed E-state index contributed by atoms with van der Waals surface area (Å²) in [6.45, 7) is 0. The first kappa shape index (κ1) is 6.54. The first-order valence-electron chi connectivity index (χ1n) is 2.76. The summed E-state index contributed by atoms with van der Waals surface area (Å²) in [6, 6.07) is 1.83. The summed E-state index contributed by atoms with van der Waals surface area (Å²) in [7, 11) is 0. The normalized spacial score (nSPS) is 8.00. The zero-order valence-corrected chi connectivity index (χ0v) is 5.27. The molecule has 0 bridgehead atoms. The van der Waals surface area contributed by atoms with Crippen LogP contribution in [-0.4, -0.2) is 15.2 Å². The summed E-state index contributed by atoms with van der Waals surface area (Å²) < 4.78 is 4.47. The van der Waals surface area contributed by atoms with Crippen LogP contribution < -0.4 is 0 Å². The first-order chi connectivity index (χ1) is 5.00. The fourth-order valence-corrected chi connectivity index (χ4v) is 0.391. The molecule has 0 radical (unpaired) electrons. The summed E-state index contributed by atoms with van der Waals surface area (Å²) in [4.78, 5) is 3.56. The van der Waals surface area contributed by atoms with E-state index in [0.717, 1.165) is 0 Å². The number of nitrogens with one attached hydrogen (secondary N) is 1. The summed E-state index contributed by atoms with van der Waals surface area (Å²) in [5.74, 6) is 0. The number of hydrogen-bond donors (Lipinski definition) is 1. The van der Waals surface area contributed by atoms with Gasteiger partial charge in [-0.2, -0.15) is 5.10 Å². The fourth-order valence-electron chi connectivity index (χ4n) is 0.391. The molecule has 0 amide bonds. The van der Waals surface area contributed by atoms with E-state index in [2.05, 4.69) is 19.6 Å². The van der Waals surface area contributed by atoms with Gasteiger partial charge in [-0.3, -0.25) is 5.10 Å². The van der Waals surface area contributed by atoms with E-state index < -0.39 is 0 Å². The van der Waals surface area contributed by atoms with E-state index in [1.54, 1.807) is 18.6 Å². The lowest BCUT2D eigenvalue weighted by Crippen LogP contribution is -1.53. The number of H-pyrrole nitrogens is 1. The zero-order valence-electron chi connectivity index (χ0n) is 5.27. The van der Waals surface area contributed by atoms with Gasteiger partial charge in [-0.15, -0.1) is 0 Å². The number of nitrogens with zero attached hydrogens (tertiary/aromatic N) is 2. The Hall–Kier alpha value is -1.58. The van der Waals surface area contributed by atoms with Crippen LogP contribution in [-0.2, 0) is 0 Å². The minimum absolute atomic E-state index is 1.38. The lowest BCUT2D eigenvalue weighted by atomic mass is 10.8. The molecule has 4 nitrogen and oxygen atoms in total. The molecule has 2 aromatic rings. The molecule has 2 rings (SSSR count). The van der Waals surface area contributed by atoms with E-state index in [4.69, 9.17) is 0 Å². The molecule has 0 aliphatic carbocycles. The van der Waals surface area contributed by atoms with E-state index in [-0.39, 0.29) is 0 Å². The van der Waals surface area contributed by atoms with Gasteiger partial charge in [0.15, 0.2) is 6.39 Å². The van der Waals surface area contributed by atoms with Crippen molar-refractivity contribution in [1.29, 1.82) is 0 Å². The van der Waals surface area contributed by atoms with Crippen LogP contribution in [0.1, 0.15) is 0 Å². The number of oxazole rings is 1. The van der Waals surface area contributed by atoms with Gasteiger partial charge in [0.2, 0.25) is 0 Å². The van der Waals surface area contributed by atoms with Crippen molar-refractivity contribution in [3.63, 3.8) is 0 Å². The van der Waals surface area contributed by atoms with Crippen LogP contribution in [0.4, 0.5) is 0 Å². The number of aromatic amines is 1. The third-order valence-electron chi connectivity index (χ3n) is 0.753. The molecule has 0 fully saturated rings. The average molecular weight is 137 g/mol. The number of aromatic nitrogens is 3. The van der Waals surface area contributed by atoms with Gasteiger partial charge in [0.05, 0.1) is 6.20 Å². The highest BCUT2D eigenvalue weighted by Gasteiger charge is 1.59. The highest BCUT2D eigenvalue weighted by Crippen LogP contribution is 1.72. The monoisotopic (exact) mass is 137 g/mol. The molecule has 1 N–H and O–H groups in total. The fraction of sp³-hybridized carbons (Fsp3) is 0. The van der Waals surface area contributed by atoms with Crippen molar-refractivity contribution in [3.05, 3.63) is 37.3 Å². The van der Waals surface area contributed by atoms with E-state index in [1.807, 2.05) is 6.07 Å². The third-order valence-corrected chi connectivity index (χ3v) is 0.753. The molecule has 2 heterocycles. The maximum atomic E-state index is 4.47. The Morgan fingerprint density at radius 3 is 2.50 bits per heavy atom. The Morgan fingerprint density at radius 1 is 1.30 bits per heavy atom. The topological polar surface area (TPSA) is 54.7 Å². The zero-order chi connectivity index (χ0) is 7.07. The maximum absolute atomic E-state index is 4.47. The molecular weight excluding hydrogens is 130 g/mol. The summed E-state index contributed by atoms with van der Waals surface area (Å²) in [5.41, 5.74) is 0. The second-order valence-electron chi connectivity index (χ2n) is 1.44. The van der Waals surface area contributed by atoms with Crippen LogP contribution in [0.15, 0.2) is 41.7 Å². The molecule has 4 heteroatoms. The van der Waals surface area contributed by atoms with Crippen LogP contribution in [0.3, 0.4) is 0 Å². The van der Waals surface area contributed by atoms with Gasteiger partial charge in [0, 0.05) is 12.4 Å². The predicted molar refractivity (Wildman–Crippen MR) is 35.1 cm³/mol. The molecule has 52 valence electrons. The SMILES string of the molecule is c1cn[nH]c1.c1cocn1. The smallest absolute Gasteiger partial charge is 0.180 e. The molecule has 0 unspecified atom stereocenters. The van der Waals surface area contributed by atoms with Crippen molar-refractivity contribution in [3.8, 4) is 0 Å². The quantitative estimate of drug-likeness (QED) is 0.591. The molecular formula is C6H7N3O. The third kappa shape index (κ3) is 2.66. The summed E-state index contributed by atoms with van der Waals surface area (Å²) in [6.07, 6.45) is 7.93. The second-order valence-corrected chi connectivity index (χ2v) is 1.44. The second kappa shape index (κ2) is 4.31. The van der Waals surface area contributed by atoms with E-state index in [0.29, 0.717) is 0 Å². The van der Waals surface area contributed by atoms with Gasteiger partial charge < -0.3 is 4.42 Å². The highest BCUT2D eigenvalue weighted by atomic mass is 16.3. The largest absolute Gasteiger partial charge is 0.452 e. The van der Waals surface area contributed by atoms with Crippen molar-refractivity contribution < 1.29 is 4.42 Å². The minimum Gasteiger partial charge on any atom is -0.452 e. The molecule has 0 saturated carbocycles. The Bertz CT molecular complexity index is 152. The van der Waals surface area contributed by atoms with E-state index >= 15 is 0 Å². The van der Waals surface area contributed by atoms with Crippen LogP contribution in [0.5, 0.6) is 0 Å². The Balaban J connectivity index is 0.0000001000. The van der Waals surface area contributed by atoms with Crippen molar-refractivity contribution in [1.82, 2.24) is 15.2 Å². The summed E-state index contributed by atoms with van der Waals surface area (Å²) in [5, 5.41) is 6.21. The molecule has 0 aliphatic rings. The lowest BCUT2D eigenvalue weighted by molar-refractivity contribution is 0.558. The average Bonchev–Trinajstić information content (AvgIpc) is 2.67. The first-order valence-corrected chi connectivity index (χ1v) is 2.76. The predicted octanol–water partition coefficient (Wildman–Crippen LogP) is 1.08. The van der Waals surface area contributed by atoms with E-state index in [9.17, 15) is 0 Å². The van der Waals surface area contributed by atoms with E-state index in [1.165, 1.54) is 12.7 Å². The Morgan fingerprint density at radius 2 is 2.30 bits per heavy atom. The van der Waals surface area contributed by atoms with Crippen molar-refractivity contribution in [2.24, 2.45) is 0 Å². The van der Waals surface area contributed by atoms with Crippen molar-refractivity contribution >= 4 is 0 Å². The molecule has 2 aromatic heterocycles. The number of rotatable bonds is 0. The van der Waals surface area contributed by atoms with Gasteiger partial charge in [-0.1, -0.05) is 0 Å². The van der Waals surface area contributed by atoms with Gasteiger partial charge >= 0.3 is 0 Å². The van der Waals surface area contributed by atoms with Crippen LogP contribution in [0.25, 0.3) is 0 Å². The molecule has 0 aromatic carbocycles. The maximum Gasteiger partial charge on any atom is 0.180 e. The molecule has 0 aliphatic heterocycles. The Kier molecular flexibility index (Phi) is 2.82. The highest BCUT2D eigenvalue weighted by molar-refractivity contribution is 4.72. The number of hydrogen-bond acceptors (Lipinski definition) is 3. The molecule has 0 atom stereocenters. The minimum atomic E-state index is 1.38. The molecule has 0 saturated heterocycles. The molecule has 10 heavy (non-hydrogen) atoms. The van der Waals surface area contributed by atoms with Crippen molar-refractivity contribution in [2.75, 3.05) is 0 Å². The van der Waals surface area contributed by atoms with Gasteiger partial charge in [0.1, 0.15) is 6.26 Å². The van der Waals surface area contributed by atoms with Gasteiger partial charge in [-0.05, 0) is 6.07 Å². The standard InChI is InChI=1S/C3H4N2.C3H3NO/c1-2-4-5-3-1;1-2-5-3-4-1/h1-3H,(H,4,5);1-3H. The van der Waals surface area contributed by atoms with Crippen molar-refractivity contribution in [2.45, 2.75) is 0 Å². The Labute approximate surface area is 57.9 Å². The van der Waals surface area contributed by atoms with Gasteiger partial charge in [0.25, 0.3) is 0 Å². The van der Waals surface area contributed by atoms with Crippen LogP contribution in [0, 0.1) is 0 Å². The molecule has 0 spiro atoms. The van der Waals surface area contributed by atoms with Gasteiger partial charge in [-0.25, -0.2) is 4.98 Å². The van der Waals surface area contributed by atoms with Crippen LogP contribution >= 0.6 is 0 Å². The lowest BCUT2D eigenvalue weighted by Gasteiger charge is -1.49. The van der Waals surface area contributed by atoms with Crippen LogP contribution in [0.2, 0.25) is 0 Å².